The lowest BCUT2D eigenvalue weighted by atomic mass is 9.56. The highest BCUT2D eigenvalue weighted by Crippen LogP contribution is 2.56. The van der Waals surface area contributed by atoms with E-state index in [1.54, 1.807) is 0 Å². The van der Waals surface area contributed by atoms with Crippen molar-refractivity contribution in [3.8, 4) is 0 Å². The third kappa shape index (κ3) is 20.9. The summed E-state index contributed by atoms with van der Waals surface area (Å²) in [7, 11) is 1.88. The number of hydrogen-bond donors (Lipinski definition) is 0. The molecule has 4 unspecified atom stereocenters. The largest absolute Gasteiger partial charge is 0.373 e. The molecule has 4 fully saturated rings. The normalized spacial score (nSPS) is 30.3. The van der Waals surface area contributed by atoms with E-state index in [1.807, 2.05) is 53.5 Å². The zero-order valence-corrected chi connectivity index (χ0v) is 46.5. The van der Waals surface area contributed by atoms with Crippen LogP contribution in [-0.2, 0) is 9.53 Å². The van der Waals surface area contributed by atoms with Crippen LogP contribution in [0.2, 0.25) is 0 Å². The van der Waals surface area contributed by atoms with Gasteiger partial charge in [-0.2, -0.15) is 0 Å². The fourth-order valence-electron chi connectivity index (χ4n) is 13.3. The number of allylic oxidation sites excluding steroid dienone is 1. The number of amides is 1. The van der Waals surface area contributed by atoms with E-state index in [9.17, 15) is 4.79 Å². The Balaban J connectivity index is 0.000000783. The van der Waals surface area contributed by atoms with Crippen LogP contribution in [0.1, 0.15) is 268 Å². The first-order valence-corrected chi connectivity index (χ1v) is 26.3. The minimum Gasteiger partial charge on any atom is -0.373 e. The molecule has 0 aromatic heterocycles. The molecule has 4 saturated carbocycles. The summed E-state index contributed by atoms with van der Waals surface area (Å²) in [6.07, 6.45) is 25.9. The molecule has 0 N–H and O–H groups in total. The van der Waals surface area contributed by atoms with E-state index < -0.39 is 0 Å². The van der Waals surface area contributed by atoms with E-state index in [0.29, 0.717) is 33.8 Å². The van der Waals surface area contributed by atoms with Crippen molar-refractivity contribution in [2.45, 2.75) is 281 Å². The maximum Gasteiger partial charge on any atom is 0.228 e. The number of ether oxygens (including phenoxy) is 1. The molecule has 4 aliphatic rings. The van der Waals surface area contributed by atoms with Gasteiger partial charge in [0.2, 0.25) is 5.91 Å². The average Bonchev–Trinajstić information content (AvgIpc) is 3.65. The van der Waals surface area contributed by atoms with Crippen LogP contribution >= 0.6 is 0 Å². The second-order valence-corrected chi connectivity index (χ2v) is 26.1. The van der Waals surface area contributed by atoms with Gasteiger partial charge in [-0.25, -0.2) is 0 Å². The summed E-state index contributed by atoms with van der Waals surface area (Å²) in [4.78, 5) is 13.8. The highest BCUT2D eigenvalue weighted by molar-refractivity contribution is 5.81. The van der Waals surface area contributed by atoms with Crippen LogP contribution in [0.5, 0.6) is 0 Å². The SMILES string of the molecule is CC.CC1CC(C)(C)CC(C)(C2CCCC2)C1.CCC1(C)CCC(C)(C)CC(C)C1.CCC1CC(C)(C)C(OCC=C(C)C)C(C)(C)C1.CCCC(C)(C)C(=O)N(C)C(C)C. The van der Waals surface area contributed by atoms with Crippen molar-refractivity contribution in [2.24, 2.45) is 61.6 Å². The van der Waals surface area contributed by atoms with Crippen LogP contribution in [0.3, 0.4) is 0 Å². The number of rotatable bonds is 10. The molecular weight excluding hydrogens is 743 g/mol. The average molecular weight is 859 g/mol. The lowest BCUT2D eigenvalue weighted by molar-refractivity contribution is -0.140. The number of carbonyl (C=O) groups is 1. The van der Waals surface area contributed by atoms with Crippen LogP contribution in [0, 0.1) is 61.6 Å². The summed E-state index contributed by atoms with van der Waals surface area (Å²) in [6.45, 7) is 53.3. The summed E-state index contributed by atoms with van der Waals surface area (Å²) < 4.78 is 6.24. The molecule has 0 aromatic rings. The summed E-state index contributed by atoms with van der Waals surface area (Å²) in [5.41, 5.74) is 4.20. The number of hydrogen-bond acceptors (Lipinski definition) is 2. The van der Waals surface area contributed by atoms with Crippen molar-refractivity contribution in [1.29, 1.82) is 0 Å². The molecule has 3 heteroatoms. The highest BCUT2D eigenvalue weighted by atomic mass is 16.5. The van der Waals surface area contributed by atoms with Gasteiger partial charge < -0.3 is 9.64 Å². The molecule has 0 radical (unpaired) electrons. The van der Waals surface area contributed by atoms with Gasteiger partial charge in [-0.15, -0.1) is 0 Å². The number of carbonyl (C=O) groups excluding carboxylic acids is 1. The molecule has 0 aromatic carbocycles. The third-order valence-electron chi connectivity index (χ3n) is 15.9. The van der Waals surface area contributed by atoms with Crippen LogP contribution in [0.25, 0.3) is 0 Å². The van der Waals surface area contributed by atoms with Crippen LogP contribution < -0.4 is 0 Å². The molecular formula is C58H115NO2. The lowest BCUT2D eigenvalue weighted by Gasteiger charge is -2.51. The van der Waals surface area contributed by atoms with Gasteiger partial charge in [0, 0.05) is 18.5 Å². The quantitative estimate of drug-likeness (QED) is 0.162. The summed E-state index contributed by atoms with van der Waals surface area (Å²) in [6, 6.07) is 0.295. The van der Waals surface area contributed by atoms with Crippen LogP contribution in [0.15, 0.2) is 11.6 Å². The van der Waals surface area contributed by atoms with Crippen molar-refractivity contribution in [2.75, 3.05) is 13.7 Å². The zero-order valence-electron chi connectivity index (χ0n) is 46.5. The molecule has 0 heterocycles. The van der Waals surface area contributed by atoms with E-state index in [0.717, 1.165) is 43.1 Å². The molecule has 61 heavy (non-hydrogen) atoms. The fraction of sp³-hybridized carbons (Fsp3) is 0.948. The highest BCUT2D eigenvalue weighted by Gasteiger charge is 2.48. The molecule has 3 nitrogen and oxygen atoms in total. The monoisotopic (exact) mass is 858 g/mol. The predicted molar refractivity (Wildman–Crippen MR) is 274 cm³/mol. The Bertz CT molecular complexity index is 1220. The summed E-state index contributed by atoms with van der Waals surface area (Å²) in [5, 5.41) is 0. The molecule has 4 atom stereocenters. The Hall–Kier alpha value is -0.830. The van der Waals surface area contributed by atoms with Gasteiger partial charge in [0.05, 0.1) is 12.7 Å². The number of nitrogens with zero attached hydrogens (tertiary/aromatic N) is 1. The van der Waals surface area contributed by atoms with Crippen molar-refractivity contribution < 1.29 is 9.53 Å². The first kappa shape index (κ1) is 60.2. The van der Waals surface area contributed by atoms with Gasteiger partial charge in [-0.1, -0.05) is 175 Å². The van der Waals surface area contributed by atoms with Gasteiger partial charge in [-0.05, 0) is 161 Å². The van der Waals surface area contributed by atoms with Crippen molar-refractivity contribution >= 4 is 5.91 Å². The Morgan fingerprint density at radius 1 is 0.754 bits per heavy atom. The van der Waals surface area contributed by atoms with E-state index in [2.05, 4.69) is 124 Å². The topological polar surface area (TPSA) is 29.5 Å². The van der Waals surface area contributed by atoms with E-state index in [4.69, 9.17) is 4.74 Å². The Labute approximate surface area is 386 Å². The van der Waals surface area contributed by atoms with Gasteiger partial charge in [0.1, 0.15) is 0 Å². The summed E-state index contributed by atoms with van der Waals surface area (Å²) in [5.74, 6) is 4.02. The van der Waals surface area contributed by atoms with E-state index in [1.165, 1.54) is 102 Å². The Morgan fingerprint density at radius 3 is 1.67 bits per heavy atom. The smallest absolute Gasteiger partial charge is 0.228 e. The zero-order chi connectivity index (χ0) is 47.8. The van der Waals surface area contributed by atoms with Gasteiger partial charge >= 0.3 is 0 Å². The standard InChI is InChI=1S/C17H32O.C15H28.C13H26.C11H23NO.C2H6/c1-8-14-11-16(4,5)15(17(6,7)12-14)18-10-9-13(2)3;1-12-9-14(2,3)11-15(4,10-12)13-7-5-6-8-13;1-6-13(5)8-7-12(3,4)9-11(2)10-13;1-7-8-11(4,5)10(13)12(6)9(2)3;1-2/h9,14-15H,8,10-12H2,1-7H3;12-13H,5-11H2,1-4H3;11H,6-10H2,1-5H3;9H,7-8H2,1-6H3;1-2H3. The molecule has 0 saturated heterocycles. The van der Waals surface area contributed by atoms with Crippen LogP contribution in [-0.4, -0.2) is 36.6 Å². The lowest BCUT2D eigenvalue weighted by Crippen LogP contribution is -2.49. The second kappa shape index (κ2) is 25.8. The van der Waals surface area contributed by atoms with Gasteiger partial charge in [0.15, 0.2) is 0 Å². The molecule has 1 amide bonds. The van der Waals surface area contributed by atoms with Gasteiger partial charge in [0.25, 0.3) is 0 Å². The molecule has 0 spiro atoms. The van der Waals surface area contributed by atoms with E-state index in [-0.39, 0.29) is 22.2 Å². The predicted octanol–water partition coefficient (Wildman–Crippen LogP) is 18.6. The molecule has 4 rings (SSSR count). The third-order valence-corrected chi connectivity index (χ3v) is 15.9. The Morgan fingerprint density at radius 2 is 1.25 bits per heavy atom. The van der Waals surface area contributed by atoms with Crippen molar-refractivity contribution in [1.82, 2.24) is 4.90 Å². The first-order valence-electron chi connectivity index (χ1n) is 26.3. The minimum absolute atomic E-state index is 0.201. The molecule has 0 bridgehead atoms. The maximum absolute atomic E-state index is 11.9. The first-order chi connectivity index (χ1) is 27.8. The Kier molecular flexibility index (Phi) is 25.4. The fourth-order valence-corrected chi connectivity index (χ4v) is 13.3. The second-order valence-electron chi connectivity index (χ2n) is 26.1. The minimum atomic E-state index is -0.201. The van der Waals surface area contributed by atoms with Gasteiger partial charge in [-0.3, -0.25) is 4.79 Å². The molecule has 0 aliphatic heterocycles. The van der Waals surface area contributed by atoms with E-state index >= 15 is 0 Å². The molecule has 4 aliphatic carbocycles. The molecule has 364 valence electrons. The maximum atomic E-state index is 11.9. The van der Waals surface area contributed by atoms with Crippen LogP contribution in [0.4, 0.5) is 0 Å². The van der Waals surface area contributed by atoms with Crippen molar-refractivity contribution in [3.63, 3.8) is 0 Å². The van der Waals surface area contributed by atoms with Crippen molar-refractivity contribution in [3.05, 3.63) is 11.6 Å². The summed E-state index contributed by atoms with van der Waals surface area (Å²) >= 11 is 0.